The van der Waals surface area contributed by atoms with Gasteiger partial charge >= 0.3 is 0 Å². The quantitative estimate of drug-likeness (QED) is 0.639. The van der Waals surface area contributed by atoms with Crippen molar-refractivity contribution in [3.63, 3.8) is 0 Å². The third kappa shape index (κ3) is 5.61. The molecule has 9 heteroatoms. The number of hydrogen-bond acceptors (Lipinski definition) is 6. The first-order valence-electron chi connectivity index (χ1n) is 10.1. The summed E-state index contributed by atoms with van der Waals surface area (Å²) in [5, 5.41) is 0. The first kappa shape index (κ1) is 21.9. The van der Waals surface area contributed by atoms with Gasteiger partial charge in [-0.1, -0.05) is 6.42 Å². The van der Waals surface area contributed by atoms with Gasteiger partial charge in [0.15, 0.2) is 11.5 Å². The number of ether oxygens (including phenoxy) is 3. The van der Waals surface area contributed by atoms with Gasteiger partial charge in [0.05, 0.1) is 23.6 Å². The third-order valence-electron chi connectivity index (χ3n) is 5.13. The Morgan fingerprint density at radius 1 is 1.10 bits per heavy atom. The molecule has 3 rings (SSSR count). The zero-order chi connectivity index (χ0) is 20.9. The number of hydrogen-bond donors (Lipinski definition) is 1. The van der Waals surface area contributed by atoms with E-state index in [-0.39, 0.29) is 16.3 Å². The largest absolute Gasteiger partial charge is 0.486 e. The molecule has 0 saturated carbocycles. The number of fused-ring (bicyclic) bond motifs is 1. The predicted octanol–water partition coefficient (Wildman–Crippen LogP) is 1.93. The van der Waals surface area contributed by atoms with Gasteiger partial charge < -0.3 is 19.1 Å². The van der Waals surface area contributed by atoms with E-state index in [0.717, 1.165) is 12.8 Å². The third-order valence-corrected chi connectivity index (χ3v) is 6.59. The lowest BCUT2D eigenvalue weighted by molar-refractivity contribution is -0.146. The second-order valence-corrected chi connectivity index (χ2v) is 9.69. The molecule has 2 heterocycles. The van der Waals surface area contributed by atoms with Crippen molar-refractivity contribution in [1.82, 2.24) is 9.62 Å². The SMILES string of the molecule is CC1(C)COCCN1C(=O)CCCCCNS(=O)(=O)c1ccc2c(c1)OCCO2. The molecule has 0 spiro atoms. The molecule has 1 fully saturated rings. The average Bonchev–Trinajstić information content (AvgIpc) is 2.69. The molecule has 0 aliphatic carbocycles. The van der Waals surface area contributed by atoms with Gasteiger partial charge in [0.1, 0.15) is 13.2 Å². The standard InChI is InChI=1S/C20H30N2O6S/c1-20(2)15-26-11-10-22(20)19(23)6-4-3-5-9-21-29(24,25)16-7-8-17-18(14-16)28-13-12-27-17/h7-8,14,21H,3-6,9-13,15H2,1-2H3. The molecule has 0 radical (unpaired) electrons. The van der Waals surface area contributed by atoms with E-state index >= 15 is 0 Å². The van der Waals surface area contributed by atoms with Crippen molar-refractivity contribution in [2.45, 2.75) is 50.0 Å². The van der Waals surface area contributed by atoms with Crippen LogP contribution in [0, 0.1) is 0 Å². The summed E-state index contributed by atoms with van der Waals surface area (Å²) in [5.41, 5.74) is -0.269. The van der Waals surface area contributed by atoms with Crippen molar-refractivity contribution in [3.8, 4) is 11.5 Å². The van der Waals surface area contributed by atoms with E-state index in [1.54, 1.807) is 6.07 Å². The Balaban J connectivity index is 1.39. The van der Waals surface area contributed by atoms with Crippen LogP contribution in [0.2, 0.25) is 0 Å². The highest BCUT2D eigenvalue weighted by Crippen LogP contribution is 2.32. The lowest BCUT2D eigenvalue weighted by Gasteiger charge is -2.42. The minimum absolute atomic E-state index is 0.134. The van der Waals surface area contributed by atoms with Crippen LogP contribution in [-0.2, 0) is 19.6 Å². The topological polar surface area (TPSA) is 94.2 Å². The van der Waals surface area contributed by atoms with E-state index in [9.17, 15) is 13.2 Å². The number of morpholine rings is 1. The highest BCUT2D eigenvalue weighted by Gasteiger charge is 2.33. The molecule has 1 aromatic rings. The van der Waals surface area contributed by atoms with Crippen LogP contribution in [0.1, 0.15) is 39.5 Å². The second kappa shape index (κ2) is 9.32. The molecule has 2 aliphatic rings. The van der Waals surface area contributed by atoms with Gasteiger partial charge in [0.2, 0.25) is 15.9 Å². The maximum absolute atomic E-state index is 12.5. The lowest BCUT2D eigenvalue weighted by atomic mass is 10.0. The van der Waals surface area contributed by atoms with Crippen molar-refractivity contribution in [3.05, 3.63) is 18.2 Å². The summed E-state index contributed by atoms with van der Waals surface area (Å²) in [6.07, 6.45) is 2.65. The second-order valence-electron chi connectivity index (χ2n) is 7.92. The first-order chi connectivity index (χ1) is 13.8. The number of sulfonamides is 1. The van der Waals surface area contributed by atoms with Crippen molar-refractivity contribution >= 4 is 15.9 Å². The smallest absolute Gasteiger partial charge is 0.240 e. The molecule has 1 aromatic carbocycles. The zero-order valence-corrected chi connectivity index (χ0v) is 17.9. The molecule has 1 saturated heterocycles. The van der Waals surface area contributed by atoms with Crippen LogP contribution in [0.25, 0.3) is 0 Å². The van der Waals surface area contributed by atoms with Crippen molar-refractivity contribution in [2.24, 2.45) is 0 Å². The molecule has 0 atom stereocenters. The molecular weight excluding hydrogens is 396 g/mol. The van der Waals surface area contributed by atoms with Crippen LogP contribution < -0.4 is 14.2 Å². The number of nitrogens with one attached hydrogen (secondary N) is 1. The van der Waals surface area contributed by atoms with Crippen molar-refractivity contribution in [1.29, 1.82) is 0 Å². The molecule has 1 amide bonds. The maximum Gasteiger partial charge on any atom is 0.240 e. The summed E-state index contributed by atoms with van der Waals surface area (Å²) < 4.78 is 43.8. The molecular formula is C20H30N2O6S. The number of unbranched alkanes of at least 4 members (excludes halogenated alkanes) is 2. The number of carbonyl (C=O) groups is 1. The predicted molar refractivity (Wildman–Crippen MR) is 108 cm³/mol. The summed E-state index contributed by atoms with van der Waals surface area (Å²) in [4.78, 5) is 14.5. The van der Waals surface area contributed by atoms with Gasteiger partial charge in [0, 0.05) is 25.6 Å². The lowest BCUT2D eigenvalue weighted by Crippen LogP contribution is -2.55. The Morgan fingerprint density at radius 2 is 1.86 bits per heavy atom. The number of nitrogens with zero attached hydrogens (tertiary/aromatic N) is 1. The Kier molecular flexibility index (Phi) is 7.02. The summed E-state index contributed by atoms with van der Waals surface area (Å²) in [6.45, 7) is 6.98. The number of rotatable bonds is 8. The Hall–Kier alpha value is -1.84. The van der Waals surface area contributed by atoms with E-state index in [4.69, 9.17) is 14.2 Å². The van der Waals surface area contributed by atoms with E-state index in [0.29, 0.717) is 63.9 Å². The maximum atomic E-state index is 12.5. The molecule has 8 nitrogen and oxygen atoms in total. The Morgan fingerprint density at radius 3 is 2.62 bits per heavy atom. The number of carbonyl (C=O) groups excluding carboxylic acids is 1. The Bertz CT molecular complexity index is 824. The van der Waals surface area contributed by atoms with Gasteiger partial charge in [-0.2, -0.15) is 0 Å². The molecule has 0 aromatic heterocycles. The van der Waals surface area contributed by atoms with Crippen molar-refractivity contribution < 1.29 is 27.4 Å². The number of amides is 1. The van der Waals surface area contributed by atoms with Crippen LogP contribution >= 0.6 is 0 Å². The molecule has 0 bridgehead atoms. The number of benzene rings is 1. The van der Waals surface area contributed by atoms with Crippen LogP contribution in [0.5, 0.6) is 11.5 Å². The molecule has 162 valence electrons. The van der Waals surface area contributed by atoms with Gasteiger partial charge in [0.25, 0.3) is 0 Å². The highest BCUT2D eigenvalue weighted by atomic mass is 32.2. The van der Waals surface area contributed by atoms with Gasteiger partial charge in [-0.05, 0) is 38.8 Å². The molecule has 1 N–H and O–H groups in total. The van der Waals surface area contributed by atoms with Gasteiger partial charge in [-0.3, -0.25) is 4.79 Å². The minimum atomic E-state index is -3.60. The van der Waals surface area contributed by atoms with Gasteiger partial charge in [-0.15, -0.1) is 0 Å². The minimum Gasteiger partial charge on any atom is -0.486 e. The summed E-state index contributed by atoms with van der Waals surface area (Å²) in [6, 6.07) is 4.61. The molecule has 2 aliphatic heterocycles. The summed E-state index contributed by atoms with van der Waals surface area (Å²) >= 11 is 0. The fraction of sp³-hybridized carbons (Fsp3) is 0.650. The fourth-order valence-corrected chi connectivity index (χ4v) is 4.60. The van der Waals surface area contributed by atoms with Crippen LogP contribution in [0.15, 0.2) is 23.1 Å². The normalized spacial score (nSPS) is 18.5. The monoisotopic (exact) mass is 426 g/mol. The van der Waals surface area contributed by atoms with Crippen LogP contribution in [0.3, 0.4) is 0 Å². The van der Waals surface area contributed by atoms with E-state index in [2.05, 4.69) is 4.72 Å². The zero-order valence-electron chi connectivity index (χ0n) is 17.1. The highest BCUT2D eigenvalue weighted by molar-refractivity contribution is 7.89. The van der Waals surface area contributed by atoms with E-state index in [1.165, 1.54) is 12.1 Å². The molecule has 0 unspecified atom stereocenters. The van der Waals surface area contributed by atoms with Crippen LogP contribution in [-0.4, -0.2) is 64.3 Å². The van der Waals surface area contributed by atoms with Gasteiger partial charge in [-0.25, -0.2) is 13.1 Å². The average molecular weight is 427 g/mol. The van der Waals surface area contributed by atoms with E-state index < -0.39 is 10.0 Å². The summed E-state index contributed by atoms with van der Waals surface area (Å²) in [7, 11) is -3.60. The molecule has 29 heavy (non-hydrogen) atoms. The van der Waals surface area contributed by atoms with E-state index in [1.807, 2.05) is 18.7 Å². The first-order valence-corrected chi connectivity index (χ1v) is 11.6. The fourth-order valence-electron chi connectivity index (χ4n) is 3.51. The van der Waals surface area contributed by atoms with Crippen LogP contribution in [0.4, 0.5) is 0 Å². The Labute approximate surface area is 172 Å². The summed E-state index contributed by atoms with van der Waals surface area (Å²) in [5.74, 6) is 1.14. The van der Waals surface area contributed by atoms with Crippen molar-refractivity contribution in [2.75, 3.05) is 39.5 Å².